The third-order valence-corrected chi connectivity index (χ3v) is 9.97. The Morgan fingerprint density at radius 2 is 1.56 bits per heavy atom. The molecule has 15 heteroatoms. The maximum Gasteiger partial charge on any atom is 0.247 e. The van der Waals surface area contributed by atoms with Gasteiger partial charge in [0, 0.05) is 18.7 Å². The predicted octanol–water partition coefficient (Wildman–Crippen LogP) is 1.91. The number of carbonyl (C=O) groups is 1. The van der Waals surface area contributed by atoms with Gasteiger partial charge in [-0.15, -0.1) is 0 Å². The quantitative estimate of drug-likeness (QED) is 0.0925. The first-order valence-corrected chi connectivity index (χ1v) is 17.9. The Hall–Kier alpha value is -4.06. The fourth-order valence-corrected chi connectivity index (χ4v) is 6.86. The highest BCUT2D eigenvalue weighted by Gasteiger charge is 2.53. The van der Waals surface area contributed by atoms with E-state index in [1.165, 1.54) is 30.7 Å². The Kier molecular flexibility index (Phi) is 12.9. The molecule has 8 N–H and O–H groups in total. The summed E-state index contributed by atoms with van der Waals surface area (Å²) in [6.45, 7) is 4.54. The van der Waals surface area contributed by atoms with Crippen LogP contribution in [0, 0.1) is 0 Å². The fourth-order valence-electron chi connectivity index (χ4n) is 6.60. The second kappa shape index (κ2) is 17.6. The smallest absolute Gasteiger partial charge is 0.247 e. The number of rotatable bonds is 13. The Balaban J connectivity index is 0.996. The molecule has 2 saturated heterocycles. The lowest BCUT2D eigenvalue weighted by atomic mass is 9.83. The van der Waals surface area contributed by atoms with Gasteiger partial charge >= 0.3 is 0 Å². The van der Waals surface area contributed by atoms with Crippen LogP contribution in [0.1, 0.15) is 30.5 Å². The Labute approximate surface area is 317 Å². The van der Waals surface area contributed by atoms with Crippen LogP contribution >= 0.6 is 11.6 Å². The van der Waals surface area contributed by atoms with Gasteiger partial charge in [-0.05, 0) is 72.5 Å². The Morgan fingerprint density at radius 3 is 2.28 bits per heavy atom. The summed E-state index contributed by atoms with van der Waals surface area (Å²) in [4.78, 5) is 12.9. The van der Waals surface area contributed by atoms with Crippen molar-refractivity contribution in [3.05, 3.63) is 106 Å². The van der Waals surface area contributed by atoms with Crippen LogP contribution in [0.3, 0.4) is 0 Å². The van der Waals surface area contributed by atoms with Crippen LogP contribution in [-0.2, 0) is 32.1 Å². The summed E-state index contributed by atoms with van der Waals surface area (Å²) in [5, 5.41) is 70.1. The van der Waals surface area contributed by atoms with Gasteiger partial charge in [-0.25, -0.2) is 0 Å². The maximum atomic E-state index is 12.9. The minimum Gasteiger partial charge on any atom is -0.504 e. The average molecular weight is 769 g/mol. The van der Waals surface area contributed by atoms with E-state index in [4.69, 9.17) is 35.3 Å². The molecular formula is C39H45ClN2O12. The molecule has 54 heavy (non-hydrogen) atoms. The molecule has 2 aliphatic heterocycles. The molecular weight excluding hydrogens is 724 g/mol. The molecule has 1 aliphatic carbocycles. The molecule has 0 spiro atoms. The molecule has 0 radical (unpaired) electrons. The van der Waals surface area contributed by atoms with Gasteiger partial charge in [0.05, 0.1) is 11.1 Å². The van der Waals surface area contributed by atoms with Gasteiger partial charge in [-0.3, -0.25) is 4.79 Å². The second-order valence-corrected chi connectivity index (χ2v) is 14.0. The molecule has 1 saturated carbocycles. The molecule has 0 unspecified atom stereocenters. The van der Waals surface area contributed by atoms with E-state index in [2.05, 4.69) is 22.8 Å². The van der Waals surface area contributed by atoms with Gasteiger partial charge in [0.1, 0.15) is 68.0 Å². The fraction of sp³-hybridized carbons (Fsp3) is 0.410. The largest absolute Gasteiger partial charge is 0.504 e. The van der Waals surface area contributed by atoms with Crippen molar-refractivity contribution in [2.45, 2.75) is 88.1 Å². The van der Waals surface area contributed by atoms with E-state index in [-0.39, 0.29) is 30.5 Å². The van der Waals surface area contributed by atoms with Crippen LogP contribution in [0.15, 0.2) is 84.0 Å². The Bertz CT molecular complexity index is 1830. The SMILES string of the molecule is CC(=Cc1ccc(O[C@@H]2O[C@H](C(C)=CCOc3ccc(CNCc4ccccc4)cc3Cl)[C@@H](O)[C@@H]2O)c(O)c1)C(=O)N[C@@H]1[C@H](O)[C@@H](O)[C@H]2OCO[C@H]2[C@@H]1O. The van der Waals surface area contributed by atoms with Crippen LogP contribution in [-0.4, -0.2) is 111 Å². The van der Waals surface area contributed by atoms with E-state index in [1.54, 1.807) is 25.1 Å². The maximum absolute atomic E-state index is 12.9. The van der Waals surface area contributed by atoms with Crippen molar-refractivity contribution in [2.24, 2.45) is 0 Å². The summed E-state index contributed by atoms with van der Waals surface area (Å²) in [6.07, 6.45) is -7.88. The van der Waals surface area contributed by atoms with Gasteiger partial charge in [0.15, 0.2) is 11.5 Å². The number of phenolic OH excluding ortho intramolecular Hbond substituents is 1. The molecule has 2 heterocycles. The molecule has 3 aromatic carbocycles. The zero-order valence-electron chi connectivity index (χ0n) is 29.6. The number of aromatic hydroxyl groups is 1. The Morgan fingerprint density at radius 1 is 0.852 bits per heavy atom. The van der Waals surface area contributed by atoms with Crippen molar-refractivity contribution in [3.63, 3.8) is 0 Å². The third kappa shape index (κ3) is 9.07. The number of phenols is 1. The molecule has 10 atom stereocenters. The van der Waals surface area contributed by atoms with E-state index in [0.717, 1.165) is 12.1 Å². The summed E-state index contributed by atoms with van der Waals surface area (Å²) >= 11 is 6.47. The molecule has 1 amide bonds. The van der Waals surface area contributed by atoms with Crippen LogP contribution in [0.4, 0.5) is 0 Å². The van der Waals surface area contributed by atoms with Gasteiger partial charge < -0.3 is 65.0 Å². The summed E-state index contributed by atoms with van der Waals surface area (Å²) in [5.41, 5.74) is 3.34. The zero-order chi connectivity index (χ0) is 38.5. The van der Waals surface area contributed by atoms with E-state index in [0.29, 0.717) is 28.5 Å². The number of amides is 1. The molecule has 290 valence electrons. The van der Waals surface area contributed by atoms with Crippen molar-refractivity contribution in [3.8, 4) is 17.2 Å². The first-order valence-electron chi connectivity index (χ1n) is 17.5. The highest BCUT2D eigenvalue weighted by atomic mass is 35.5. The van der Waals surface area contributed by atoms with Gasteiger partial charge in [0.2, 0.25) is 12.2 Å². The lowest BCUT2D eigenvalue weighted by Crippen LogP contribution is -2.67. The monoisotopic (exact) mass is 768 g/mol. The highest BCUT2D eigenvalue weighted by Crippen LogP contribution is 2.34. The van der Waals surface area contributed by atoms with Crippen molar-refractivity contribution in [2.75, 3.05) is 13.4 Å². The lowest BCUT2D eigenvalue weighted by Gasteiger charge is -2.41. The standard InChI is InChI=1S/C39H45ClN2O12/c1-20(12-13-50-27-10-9-24(15-25(27)40)18-41-17-22-6-4-3-5-7-22)35-33(47)34(48)39(54-35)53-28-11-8-23(16-26(28)43)14-21(2)38(49)42-29-30(44)32(46)37-36(31(29)45)51-19-52-37/h3-12,14-16,29-37,39,41,43-48H,13,17-19H2,1-2H3,(H,42,49)/t29-,30+,31-,32-,33+,34+,35-,36+,37-,39-/m1/s1. The molecule has 0 bridgehead atoms. The number of aliphatic hydroxyl groups is 5. The van der Waals surface area contributed by atoms with Crippen molar-refractivity contribution < 1.29 is 59.1 Å². The first kappa shape index (κ1) is 39.6. The number of fused-ring (bicyclic) bond motifs is 1. The normalized spacial score (nSPS) is 29.9. The summed E-state index contributed by atoms with van der Waals surface area (Å²) in [5.74, 6) is -0.518. The van der Waals surface area contributed by atoms with Gasteiger partial charge in [-0.2, -0.15) is 0 Å². The van der Waals surface area contributed by atoms with Crippen molar-refractivity contribution >= 4 is 23.6 Å². The number of hydrogen-bond acceptors (Lipinski definition) is 13. The van der Waals surface area contributed by atoms with E-state index in [1.807, 2.05) is 30.3 Å². The van der Waals surface area contributed by atoms with Gasteiger partial charge in [0.25, 0.3) is 0 Å². The molecule has 3 aliphatic rings. The number of halogens is 1. The van der Waals surface area contributed by atoms with Crippen LogP contribution in [0.2, 0.25) is 5.02 Å². The predicted molar refractivity (Wildman–Crippen MR) is 195 cm³/mol. The van der Waals surface area contributed by atoms with E-state index in [9.17, 15) is 35.4 Å². The topological polar surface area (TPSA) is 209 Å². The number of hydrogen-bond donors (Lipinski definition) is 8. The average Bonchev–Trinajstić information content (AvgIpc) is 3.76. The van der Waals surface area contributed by atoms with Crippen molar-refractivity contribution in [1.82, 2.24) is 10.6 Å². The molecule has 3 fully saturated rings. The van der Waals surface area contributed by atoms with Crippen LogP contribution < -0.4 is 20.1 Å². The number of aliphatic hydroxyl groups excluding tert-OH is 5. The van der Waals surface area contributed by atoms with E-state index < -0.39 is 67.1 Å². The molecule has 6 rings (SSSR count). The van der Waals surface area contributed by atoms with E-state index >= 15 is 0 Å². The summed E-state index contributed by atoms with van der Waals surface area (Å²) in [7, 11) is 0. The molecule has 0 aromatic heterocycles. The minimum atomic E-state index is -1.50. The minimum absolute atomic E-state index is 0.0414. The second-order valence-electron chi connectivity index (χ2n) is 13.5. The van der Waals surface area contributed by atoms with Crippen LogP contribution in [0.5, 0.6) is 17.2 Å². The highest BCUT2D eigenvalue weighted by molar-refractivity contribution is 6.32. The number of ether oxygens (including phenoxy) is 5. The summed E-state index contributed by atoms with van der Waals surface area (Å²) < 4.78 is 28.0. The van der Waals surface area contributed by atoms with Crippen molar-refractivity contribution in [1.29, 1.82) is 0 Å². The third-order valence-electron chi connectivity index (χ3n) is 9.68. The van der Waals surface area contributed by atoms with Crippen LogP contribution in [0.25, 0.3) is 6.08 Å². The molecule has 14 nitrogen and oxygen atoms in total. The number of carbonyl (C=O) groups excluding carboxylic acids is 1. The zero-order valence-corrected chi connectivity index (χ0v) is 30.4. The molecule has 3 aromatic rings. The summed E-state index contributed by atoms with van der Waals surface area (Å²) in [6, 6.07) is 18.7. The number of nitrogens with one attached hydrogen (secondary N) is 2. The first-order chi connectivity index (χ1) is 25.9. The van der Waals surface area contributed by atoms with Gasteiger partial charge in [-0.1, -0.05) is 54.1 Å². The lowest BCUT2D eigenvalue weighted by molar-refractivity contribution is -0.155. The number of benzene rings is 3.